The van der Waals surface area contributed by atoms with Crippen LogP contribution in [0, 0.1) is 12.8 Å². The van der Waals surface area contributed by atoms with Gasteiger partial charge in [0, 0.05) is 48.2 Å². The molecular formula is C25H28N4O4. The lowest BCUT2D eigenvalue weighted by Gasteiger charge is -2.44. The van der Waals surface area contributed by atoms with E-state index < -0.39 is 12.0 Å². The van der Waals surface area contributed by atoms with Gasteiger partial charge < -0.3 is 19.6 Å². The highest BCUT2D eigenvalue weighted by Crippen LogP contribution is 2.36. The number of hydrogen-bond donors (Lipinski definition) is 2. The van der Waals surface area contributed by atoms with Gasteiger partial charge in [0.25, 0.3) is 5.56 Å². The van der Waals surface area contributed by atoms with E-state index in [9.17, 15) is 14.4 Å². The fraction of sp³-hybridized carbons (Fsp3) is 0.400. The van der Waals surface area contributed by atoms with Crippen LogP contribution in [0.2, 0.25) is 0 Å². The second-order valence-corrected chi connectivity index (χ2v) is 9.23. The zero-order chi connectivity index (χ0) is 23.3. The number of nitrogens with zero attached hydrogens (tertiary/aromatic N) is 2. The summed E-state index contributed by atoms with van der Waals surface area (Å²) in [5.41, 5.74) is 3.58. The number of methoxy groups -OCH3 is 1. The third-order valence-electron chi connectivity index (χ3n) is 7.03. The van der Waals surface area contributed by atoms with Crippen molar-refractivity contribution in [2.75, 3.05) is 25.5 Å². The number of esters is 1. The van der Waals surface area contributed by atoms with Gasteiger partial charge in [-0.15, -0.1) is 0 Å². The van der Waals surface area contributed by atoms with Gasteiger partial charge in [-0.25, -0.2) is 4.79 Å². The Hall–Kier alpha value is -3.39. The Morgan fingerprint density at radius 3 is 2.79 bits per heavy atom. The molecule has 5 rings (SSSR count). The third kappa shape index (κ3) is 3.74. The quantitative estimate of drug-likeness (QED) is 0.599. The van der Waals surface area contributed by atoms with Crippen molar-refractivity contribution in [2.24, 2.45) is 5.92 Å². The molecule has 1 fully saturated rings. The first-order valence-electron chi connectivity index (χ1n) is 11.3. The lowest BCUT2D eigenvalue weighted by atomic mass is 9.82. The smallest absolute Gasteiger partial charge is 0.356 e. The Morgan fingerprint density at radius 2 is 2.00 bits per heavy atom. The standard InChI is InChI=1S/C25H28N4O4/c1-14-7-8-19-18(9-14)22(23(26-19)25(32)33-3)27-24(31)15(2)28-11-16-10-17(13-28)20-5-4-6-21(30)29(20)12-16/h4-9,15-17,26H,10-13H2,1-3H3,(H,27,31)/t15?,16-,17+/m1/s1. The molecule has 8 heteroatoms. The number of anilines is 1. The predicted molar refractivity (Wildman–Crippen MR) is 126 cm³/mol. The summed E-state index contributed by atoms with van der Waals surface area (Å²) in [6.07, 6.45) is 1.03. The summed E-state index contributed by atoms with van der Waals surface area (Å²) in [7, 11) is 1.32. The second-order valence-electron chi connectivity index (χ2n) is 9.23. The van der Waals surface area contributed by atoms with Crippen LogP contribution in [0.4, 0.5) is 5.69 Å². The van der Waals surface area contributed by atoms with Gasteiger partial charge >= 0.3 is 5.97 Å². The van der Waals surface area contributed by atoms with Crippen molar-refractivity contribution in [3.63, 3.8) is 0 Å². The molecule has 2 aliphatic rings. The molecule has 3 aromatic rings. The molecule has 2 bridgehead atoms. The van der Waals surface area contributed by atoms with E-state index in [1.54, 1.807) is 6.07 Å². The molecular weight excluding hydrogens is 420 g/mol. The van der Waals surface area contributed by atoms with E-state index in [2.05, 4.69) is 15.2 Å². The Morgan fingerprint density at radius 1 is 1.18 bits per heavy atom. The van der Waals surface area contributed by atoms with Crippen molar-refractivity contribution in [1.82, 2.24) is 14.5 Å². The number of aromatic amines is 1. The van der Waals surface area contributed by atoms with Crippen molar-refractivity contribution < 1.29 is 14.3 Å². The van der Waals surface area contributed by atoms with Crippen molar-refractivity contribution in [3.05, 3.63) is 63.7 Å². The van der Waals surface area contributed by atoms with Gasteiger partial charge in [0.1, 0.15) is 5.69 Å². The summed E-state index contributed by atoms with van der Waals surface area (Å²) in [4.78, 5) is 43.3. The number of ether oxygens (including phenoxy) is 1. The summed E-state index contributed by atoms with van der Waals surface area (Å²) < 4.78 is 6.82. The minimum absolute atomic E-state index is 0.0476. The lowest BCUT2D eigenvalue weighted by Crippen LogP contribution is -2.52. The van der Waals surface area contributed by atoms with Crippen LogP contribution in [0.15, 0.2) is 41.2 Å². The minimum atomic E-state index is -0.527. The van der Waals surface area contributed by atoms with E-state index in [0.29, 0.717) is 24.7 Å². The topological polar surface area (TPSA) is 96.4 Å². The Balaban J connectivity index is 1.40. The van der Waals surface area contributed by atoms with Crippen molar-refractivity contribution >= 4 is 28.5 Å². The normalized spacial score (nSPS) is 20.8. The summed E-state index contributed by atoms with van der Waals surface area (Å²) in [6, 6.07) is 10.8. The van der Waals surface area contributed by atoms with E-state index >= 15 is 0 Å². The van der Waals surface area contributed by atoms with Crippen LogP contribution in [-0.2, 0) is 16.1 Å². The number of aromatic nitrogens is 2. The molecule has 0 radical (unpaired) electrons. The highest BCUT2D eigenvalue weighted by molar-refractivity contribution is 6.11. The average molecular weight is 449 g/mol. The van der Waals surface area contributed by atoms with E-state index in [1.807, 2.05) is 48.7 Å². The number of carbonyl (C=O) groups excluding carboxylic acids is 2. The minimum Gasteiger partial charge on any atom is -0.464 e. The monoisotopic (exact) mass is 448 g/mol. The second kappa shape index (κ2) is 8.19. The van der Waals surface area contributed by atoms with Gasteiger partial charge in [0.05, 0.1) is 18.8 Å². The first-order chi connectivity index (χ1) is 15.9. The molecule has 0 spiro atoms. The van der Waals surface area contributed by atoms with E-state index in [0.717, 1.165) is 35.1 Å². The van der Waals surface area contributed by atoms with E-state index in [1.165, 1.54) is 7.11 Å². The maximum Gasteiger partial charge on any atom is 0.356 e. The fourth-order valence-corrected chi connectivity index (χ4v) is 5.33. The van der Waals surface area contributed by atoms with Crippen molar-refractivity contribution in [3.8, 4) is 0 Å². The Labute approximate surface area is 191 Å². The predicted octanol–water partition coefficient (Wildman–Crippen LogP) is 2.87. The van der Waals surface area contributed by atoms with Gasteiger partial charge in [-0.2, -0.15) is 0 Å². The van der Waals surface area contributed by atoms with Gasteiger partial charge in [-0.3, -0.25) is 14.5 Å². The fourth-order valence-electron chi connectivity index (χ4n) is 5.33. The summed E-state index contributed by atoms with van der Waals surface area (Å²) >= 11 is 0. The number of aryl methyl sites for hydroxylation is 1. The molecule has 2 N–H and O–H groups in total. The number of benzene rings is 1. The molecule has 0 saturated carbocycles. The van der Waals surface area contributed by atoms with Crippen LogP contribution >= 0.6 is 0 Å². The van der Waals surface area contributed by atoms with Crippen LogP contribution in [-0.4, -0.2) is 52.6 Å². The molecule has 1 amide bonds. The highest BCUT2D eigenvalue weighted by atomic mass is 16.5. The maximum atomic E-state index is 13.3. The number of fused-ring (bicyclic) bond motifs is 5. The molecule has 3 atom stereocenters. The highest BCUT2D eigenvalue weighted by Gasteiger charge is 2.37. The summed E-state index contributed by atoms with van der Waals surface area (Å²) in [5.74, 6) is -0.148. The van der Waals surface area contributed by atoms with Crippen LogP contribution in [0.5, 0.6) is 0 Å². The Bertz CT molecular complexity index is 1310. The summed E-state index contributed by atoms with van der Waals surface area (Å²) in [5, 5.41) is 3.78. The number of carbonyl (C=O) groups is 2. The lowest BCUT2D eigenvalue weighted by molar-refractivity contribution is -0.121. The first kappa shape index (κ1) is 21.5. The molecule has 1 aromatic carbocycles. The molecule has 1 unspecified atom stereocenters. The number of rotatable bonds is 4. The number of hydrogen-bond acceptors (Lipinski definition) is 5. The van der Waals surface area contributed by atoms with Gasteiger partial charge in [-0.05, 0) is 44.4 Å². The number of likely N-dealkylation sites (tertiary alicyclic amines) is 1. The van der Waals surface area contributed by atoms with Crippen LogP contribution in [0.25, 0.3) is 10.9 Å². The van der Waals surface area contributed by atoms with Gasteiger partial charge in [0.15, 0.2) is 0 Å². The largest absolute Gasteiger partial charge is 0.464 e. The van der Waals surface area contributed by atoms with Gasteiger partial charge in [-0.1, -0.05) is 17.7 Å². The number of pyridine rings is 1. The SMILES string of the molecule is COC(=O)c1[nH]c2ccc(C)cc2c1NC(=O)C(C)N1C[C@H]2C[C@@H](C1)c1cccc(=O)n1C2. The summed E-state index contributed by atoms with van der Waals surface area (Å²) in [6.45, 7) is 6.01. The van der Waals surface area contributed by atoms with Crippen LogP contribution in [0.1, 0.15) is 41.0 Å². The molecule has 2 aromatic heterocycles. The number of H-pyrrole nitrogens is 1. The number of amides is 1. The first-order valence-corrected chi connectivity index (χ1v) is 11.3. The molecule has 4 heterocycles. The molecule has 0 aliphatic carbocycles. The number of nitrogens with one attached hydrogen (secondary N) is 2. The molecule has 172 valence electrons. The molecule has 8 nitrogen and oxygen atoms in total. The molecule has 33 heavy (non-hydrogen) atoms. The molecule has 2 aliphatic heterocycles. The van der Waals surface area contributed by atoms with Crippen molar-refractivity contribution in [2.45, 2.75) is 38.8 Å². The zero-order valence-corrected chi connectivity index (χ0v) is 19.1. The Kier molecular flexibility index (Phi) is 5.32. The van der Waals surface area contributed by atoms with Crippen molar-refractivity contribution in [1.29, 1.82) is 0 Å². The van der Waals surface area contributed by atoms with E-state index in [-0.39, 0.29) is 23.1 Å². The average Bonchev–Trinajstić information content (AvgIpc) is 3.16. The zero-order valence-electron chi connectivity index (χ0n) is 19.1. The van der Waals surface area contributed by atoms with Gasteiger partial charge in [0.2, 0.25) is 5.91 Å². The molecule has 1 saturated heterocycles. The third-order valence-corrected chi connectivity index (χ3v) is 7.03. The number of piperidine rings is 1. The van der Waals surface area contributed by atoms with E-state index in [4.69, 9.17) is 4.74 Å². The maximum absolute atomic E-state index is 13.3. The van der Waals surface area contributed by atoms with Crippen LogP contribution in [0.3, 0.4) is 0 Å². The van der Waals surface area contributed by atoms with Crippen LogP contribution < -0.4 is 10.9 Å².